The van der Waals surface area contributed by atoms with Gasteiger partial charge >= 0.3 is 0 Å². The number of fused-ring (bicyclic) bond motifs is 1. The van der Waals surface area contributed by atoms with Crippen LogP contribution in [0.5, 0.6) is 11.5 Å². The highest BCUT2D eigenvalue weighted by molar-refractivity contribution is 5.44. The number of nitrogens with zero attached hydrogens (tertiary/aromatic N) is 6. The number of halogens is 1. The predicted octanol–water partition coefficient (Wildman–Crippen LogP) is 1.93. The van der Waals surface area contributed by atoms with Crippen molar-refractivity contribution >= 4 is 0 Å². The summed E-state index contributed by atoms with van der Waals surface area (Å²) in [6, 6.07) is 12.3. The van der Waals surface area contributed by atoms with Crippen molar-refractivity contribution in [3.05, 3.63) is 65.2 Å². The van der Waals surface area contributed by atoms with E-state index in [0.717, 1.165) is 37.5 Å². The van der Waals surface area contributed by atoms with Gasteiger partial charge < -0.3 is 14.4 Å². The first kappa shape index (κ1) is 19.0. The molecule has 0 amide bonds. The van der Waals surface area contributed by atoms with Crippen molar-refractivity contribution in [2.75, 3.05) is 40.0 Å². The van der Waals surface area contributed by atoms with Gasteiger partial charge in [-0.2, -0.15) is 0 Å². The minimum absolute atomic E-state index is 0.230. The van der Waals surface area contributed by atoms with Gasteiger partial charge in [-0.25, -0.2) is 9.07 Å². The van der Waals surface area contributed by atoms with Gasteiger partial charge in [0.1, 0.15) is 11.9 Å². The largest absolute Gasteiger partial charge is 0.454 e. The van der Waals surface area contributed by atoms with Crippen LogP contribution >= 0.6 is 0 Å². The number of tetrazole rings is 1. The Morgan fingerprint density at radius 3 is 2.67 bits per heavy atom. The van der Waals surface area contributed by atoms with Crippen molar-refractivity contribution in [2.24, 2.45) is 0 Å². The zero-order valence-electron chi connectivity index (χ0n) is 16.7. The summed E-state index contributed by atoms with van der Waals surface area (Å²) < 4.78 is 27.4. The van der Waals surface area contributed by atoms with Crippen LogP contribution in [-0.4, -0.2) is 70.0 Å². The molecule has 0 aliphatic carbocycles. The number of piperazine rings is 1. The van der Waals surface area contributed by atoms with E-state index < -0.39 is 0 Å². The molecule has 9 heteroatoms. The van der Waals surface area contributed by atoms with E-state index in [-0.39, 0.29) is 18.7 Å². The third-order valence-electron chi connectivity index (χ3n) is 5.68. The van der Waals surface area contributed by atoms with Crippen LogP contribution in [0.25, 0.3) is 0 Å². The fourth-order valence-corrected chi connectivity index (χ4v) is 4.01. The molecule has 1 atom stereocenters. The van der Waals surface area contributed by atoms with Gasteiger partial charge in [-0.15, -0.1) is 5.10 Å². The highest BCUT2D eigenvalue weighted by Gasteiger charge is 2.31. The van der Waals surface area contributed by atoms with Crippen LogP contribution in [0.1, 0.15) is 23.0 Å². The van der Waals surface area contributed by atoms with E-state index in [9.17, 15) is 4.39 Å². The molecular weight excluding hydrogens is 387 g/mol. The molecule has 3 aromatic rings. The molecule has 2 aliphatic rings. The summed E-state index contributed by atoms with van der Waals surface area (Å²) in [5.74, 6) is 1.82. The molecule has 3 heterocycles. The maximum Gasteiger partial charge on any atom is 0.231 e. The Kier molecular flexibility index (Phi) is 5.06. The molecule has 0 spiro atoms. The molecule has 0 bridgehead atoms. The van der Waals surface area contributed by atoms with Gasteiger partial charge in [0.2, 0.25) is 6.79 Å². The normalized spacial score (nSPS) is 17.9. The Morgan fingerprint density at radius 2 is 1.83 bits per heavy atom. The second kappa shape index (κ2) is 8.00. The monoisotopic (exact) mass is 410 g/mol. The number of benzene rings is 2. The van der Waals surface area contributed by atoms with Crippen LogP contribution in [0.2, 0.25) is 0 Å². The second-order valence-corrected chi connectivity index (χ2v) is 7.65. The topological polar surface area (TPSA) is 68.5 Å². The molecule has 0 saturated carbocycles. The predicted molar refractivity (Wildman–Crippen MR) is 107 cm³/mol. The fraction of sp³-hybridized carbons (Fsp3) is 0.381. The van der Waals surface area contributed by atoms with E-state index in [4.69, 9.17) is 9.47 Å². The highest BCUT2D eigenvalue weighted by atomic mass is 19.1. The molecule has 0 radical (unpaired) electrons. The number of rotatable bonds is 5. The Bertz CT molecular complexity index is 1030. The number of hydrogen-bond donors (Lipinski definition) is 0. The summed E-state index contributed by atoms with van der Waals surface area (Å²) in [6.07, 6.45) is 0. The molecule has 1 fully saturated rings. The minimum atomic E-state index is -0.357. The first-order valence-corrected chi connectivity index (χ1v) is 10.0. The van der Waals surface area contributed by atoms with Crippen LogP contribution < -0.4 is 9.47 Å². The highest BCUT2D eigenvalue weighted by Crippen LogP contribution is 2.34. The first-order valence-electron chi connectivity index (χ1n) is 10.0. The average molecular weight is 410 g/mol. The second-order valence-electron chi connectivity index (χ2n) is 7.65. The lowest BCUT2D eigenvalue weighted by atomic mass is 10.0. The van der Waals surface area contributed by atoms with Gasteiger partial charge in [0.05, 0.1) is 6.54 Å². The van der Waals surface area contributed by atoms with Crippen molar-refractivity contribution in [2.45, 2.75) is 12.6 Å². The smallest absolute Gasteiger partial charge is 0.231 e. The Hall–Kier alpha value is -3.04. The maximum atomic E-state index is 14.8. The standard InChI is InChI=1S/C21H23FN6O2/c1-26-8-10-27(11-9-26)20(16-4-2-3-5-17(16)22)21-23-24-25-28(21)13-15-6-7-18-19(12-15)30-14-29-18/h2-7,12,20H,8-11,13-14H2,1H3/t20-/m1/s1. The van der Waals surface area contributed by atoms with Crippen LogP contribution in [0.4, 0.5) is 4.39 Å². The van der Waals surface area contributed by atoms with Crippen LogP contribution in [-0.2, 0) is 6.54 Å². The number of ether oxygens (including phenoxy) is 2. The lowest BCUT2D eigenvalue weighted by molar-refractivity contribution is 0.120. The van der Waals surface area contributed by atoms with E-state index in [0.29, 0.717) is 23.7 Å². The van der Waals surface area contributed by atoms with Gasteiger partial charge in [-0.05, 0) is 41.2 Å². The molecule has 8 nitrogen and oxygen atoms in total. The summed E-state index contributed by atoms with van der Waals surface area (Å²) in [6.45, 7) is 4.13. The molecule has 1 saturated heterocycles. The van der Waals surface area contributed by atoms with Gasteiger partial charge in [0.25, 0.3) is 0 Å². The molecule has 5 rings (SSSR count). The number of aromatic nitrogens is 4. The maximum absolute atomic E-state index is 14.8. The number of likely N-dealkylation sites (N-methyl/N-ethyl adjacent to an activating group) is 1. The first-order chi connectivity index (χ1) is 14.7. The SMILES string of the molecule is CN1CCN([C@H](c2ccccc2F)c2nnnn2Cc2ccc3c(c2)OCO3)CC1. The molecule has 156 valence electrons. The van der Waals surface area contributed by atoms with Crippen molar-refractivity contribution in [3.63, 3.8) is 0 Å². The zero-order chi connectivity index (χ0) is 20.5. The summed E-state index contributed by atoms with van der Waals surface area (Å²) >= 11 is 0. The van der Waals surface area contributed by atoms with E-state index in [1.165, 1.54) is 6.07 Å². The fourth-order valence-electron chi connectivity index (χ4n) is 4.01. The summed E-state index contributed by atoms with van der Waals surface area (Å²) in [5, 5.41) is 12.5. The van der Waals surface area contributed by atoms with E-state index in [1.807, 2.05) is 30.3 Å². The molecule has 0 unspecified atom stereocenters. The summed E-state index contributed by atoms with van der Waals surface area (Å²) in [4.78, 5) is 4.52. The molecule has 2 aliphatic heterocycles. The van der Waals surface area contributed by atoms with Crippen LogP contribution in [0.15, 0.2) is 42.5 Å². The molecule has 0 N–H and O–H groups in total. The van der Waals surface area contributed by atoms with Crippen LogP contribution in [0.3, 0.4) is 0 Å². The third-order valence-corrected chi connectivity index (χ3v) is 5.68. The van der Waals surface area contributed by atoms with Crippen molar-refractivity contribution < 1.29 is 13.9 Å². The van der Waals surface area contributed by atoms with Crippen molar-refractivity contribution in [1.82, 2.24) is 30.0 Å². The van der Waals surface area contributed by atoms with E-state index in [2.05, 4.69) is 32.4 Å². The quantitative estimate of drug-likeness (QED) is 0.637. The Labute approximate surface area is 173 Å². The molecule has 1 aromatic heterocycles. The molecular formula is C21H23FN6O2. The Morgan fingerprint density at radius 1 is 1.03 bits per heavy atom. The van der Waals surface area contributed by atoms with Crippen LogP contribution in [0, 0.1) is 5.82 Å². The third kappa shape index (κ3) is 3.61. The summed E-state index contributed by atoms with van der Waals surface area (Å²) in [7, 11) is 2.10. The molecule has 2 aromatic carbocycles. The van der Waals surface area contributed by atoms with E-state index in [1.54, 1.807) is 10.7 Å². The number of hydrogen-bond acceptors (Lipinski definition) is 7. The van der Waals surface area contributed by atoms with Crippen molar-refractivity contribution in [3.8, 4) is 11.5 Å². The van der Waals surface area contributed by atoms with Gasteiger partial charge in [0, 0.05) is 31.7 Å². The van der Waals surface area contributed by atoms with Gasteiger partial charge in [0.15, 0.2) is 17.3 Å². The minimum Gasteiger partial charge on any atom is -0.454 e. The summed E-state index contributed by atoms with van der Waals surface area (Å²) in [5.41, 5.74) is 1.57. The lowest BCUT2D eigenvalue weighted by Gasteiger charge is -2.37. The Balaban J connectivity index is 1.49. The van der Waals surface area contributed by atoms with Crippen molar-refractivity contribution in [1.29, 1.82) is 0 Å². The van der Waals surface area contributed by atoms with E-state index >= 15 is 0 Å². The average Bonchev–Trinajstić information content (AvgIpc) is 3.40. The lowest BCUT2D eigenvalue weighted by Crippen LogP contribution is -2.47. The molecule has 30 heavy (non-hydrogen) atoms. The zero-order valence-corrected chi connectivity index (χ0v) is 16.7. The van der Waals surface area contributed by atoms with Gasteiger partial charge in [-0.3, -0.25) is 4.90 Å². The van der Waals surface area contributed by atoms with Gasteiger partial charge in [-0.1, -0.05) is 24.3 Å².